The van der Waals surface area contributed by atoms with E-state index in [4.69, 9.17) is 37.9 Å². The molecular weight excluding hydrogens is 1140 g/mol. The molecule has 0 bridgehead atoms. The molecule has 0 saturated carbocycles. The van der Waals surface area contributed by atoms with Gasteiger partial charge in [0.1, 0.15) is 26.4 Å². The minimum Gasteiger partial charge on any atom is -0.487 e. The van der Waals surface area contributed by atoms with Gasteiger partial charge in [0.2, 0.25) is 0 Å². The molecule has 11 rings (SSSR count). The molecule has 0 N–H and O–H groups in total. The van der Waals surface area contributed by atoms with Crippen LogP contribution < -0.4 is 18.9 Å². The molecule has 10 heteroatoms. The number of benzene rings is 10. The van der Waals surface area contributed by atoms with Crippen LogP contribution in [-0.4, -0.2) is 91.7 Å². The SMILES string of the molecule is C(#Cc1ccc(-c2cc(-c3ccc(C#Cc4ccc(C=NCc5ccccc5)cc4)cc3)cc(-c3ccc(C#Cc4ccc5c(c4)OCCOCCOCCOc4ccccc4OCCOCCOCCO5)cc3)c2)cc1)c1ccc(C=NCc2ccccc2)cc1. The Balaban J connectivity index is 0.773. The van der Waals surface area contributed by atoms with Crippen LogP contribution in [0.2, 0.25) is 0 Å². The Morgan fingerprint density at radius 3 is 0.891 bits per heavy atom. The Labute approximate surface area is 540 Å². The van der Waals surface area contributed by atoms with E-state index >= 15 is 0 Å². The first-order valence-corrected chi connectivity index (χ1v) is 30.9. The molecule has 0 saturated heterocycles. The summed E-state index contributed by atoms with van der Waals surface area (Å²) < 4.78 is 47.4. The maximum Gasteiger partial charge on any atom is 0.162 e. The number of rotatable bonds is 9. The summed E-state index contributed by atoms with van der Waals surface area (Å²) in [7, 11) is 0. The summed E-state index contributed by atoms with van der Waals surface area (Å²) >= 11 is 0. The van der Waals surface area contributed by atoms with E-state index in [1.54, 1.807) is 0 Å². The van der Waals surface area contributed by atoms with Crippen LogP contribution in [0.5, 0.6) is 23.0 Å². The molecule has 1 aliphatic heterocycles. The van der Waals surface area contributed by atoms with Crippen molar-refractivity contribution in [3.8, 4) is 91.9 Å². The van der Waals surface area contributed by atoms with Crippen molar-refractivity contribution in [3.63, 3.8) is 0 Å². The lowest BCUT2D eigenvalue weighted by Gasteiger charge is -2.14. The van der Waals surface area contributed by atoms with Crippen LogP contribution in [0, 0.1) is 35.5 Å². The van der Waals surface area contributed by atoms with Gasteiger partial charge in [-0.15, -0.1) is 0 Å². The standard InChI is InChI=1S/C82H70N2O8/c1-3-9-69(10-4-1)59-83-61-71-25-20-63(21-26-71)15-17-65-29-36-73(37-30-65)76-56-77(74-38-31-66(32-39-74)18-16-64-22-27-72(28-23-64)62-84-60-70-11-5-2-6-12-70)58-78(57-76)75-40-33-67(34-41-75)19-24-68-35-42-81-82(55-68)92-54-50-88-46-45-86-48-52-90-80-14-8-7-13-79(80)89-51-47-85-43-44-87-49-53-91-81/h1-14,20-23,25-42,55-58,61-62H,43-54,59-60H2. The number of aliphatic imine (C=N–C) groups is 2. The fraction of sp³-hybridized carbons (Fsp3) is 0.171. The summed E-state index contributed by atoms with van der Waals surface area (Å²) in [5, 5.41) is 0. The molecule has 10 nitrogen and oxygen atoms in total. The zero-order valence-corrected chi connectivity index (χ0v) is 51.3. The highest BCUT2D eigenvalue weighted by molar-refractivity contribution is 5.83. The van der Waals surface area contributed by atoms with E-state index in [2.05, 4.69) is 185 Å². The van der Waals surface area contributed by atoms with E-state index in [0.29, 0.717) is 115 Å². The number of para-hydroxylation sites is 2. The van der Waals surface area contributed by atoms with Crippen LogP contribution in [0.3, 0.4) is 0 Å². The minimum absolute atomic E-state index is 0.303. The highest BCUT2D eigenvalue weighted by Crippen LogP contribution is 2.34. The molecule has 0 fully saturated rings. The zero-order chi connectivity index (χ0) is 62.5. The number of hydrogen-bond donors (Lipinski definition) is 0. The molecule has 456 valence electrons. The summed E-state index contributed by atoms with van der Waals surface area (Å²) in [5.41, 5.74) is 16.3. The maximum absolute atomic E-state index is 6.24. The van der Waals surface area contributed by atoms with Crippen molar-refractivity contribution in [1.29, 1.82) is 0 Å². The molecule has 1 heterocycles. The molecule has 0 radical (unpaired) electrons. The summed E-state index contributed by atoms with van der Waals surface area (Å²) in [6.45, 7) is 5.88. The molecule has 92 heavy (non-hydrogen) atoms. The third-order valence-electron chi connectivity index (χ3n) is 14.7. The fourth-order valence-corrected chi connectivity index (χ4v) is 9.78. The van der Waals surface area contributed by atoms with Gasteiger partial charge < -0.3 is 37.9 Å². The lowest BCUT2D eigenvalue weighted by atomic mass is 9.92. The van der Waals surface area contributed by atoms with E-state index in [1.807, 2.05) is 116 Å². The van der Waals surface area contributed by atoms with Crippen molar-refractivity contribution in [2.24, 2.45) is 9.98 Å². The number of nitrogens with zero attached hydrogens (tertiary/aromatic N) is 2. The van der Waals surface area contributed by atoms with E-state index in [0.717, 1.165) is 77.9 Å². The number of fused-ring (bicyclic) bond motifs is 2. The summed E-state index contributed by atoms with van der Waals surface area (Å²) in [6, 6.07) is 82.2. The van der Waals surface area contributed by atoms with Crippen LogP contribution in [0.1, 0.15) is 55.6 Å². The molecule has 0 atom stereocenters. The molecule has 0 unspecified atom stereocenters. The average molecular weight is 1210 g/mol. The molecule has 10 aromatic carbocycles. The largest absolute Gasteiger partial charge is 0.487 e. The molecule has 0 amide bonds. The molecule has 0 aromatic heterocycles. The van der Waals surface area contributed by atoms with Crippen molar-refractivity contribution in [2.45, 2.75) is 13.1 Å². The lowest BCUT2D eigenvalue weighted by molar-refractivity contribution is 0.0223. The average Bonchev–Trinajstić information content (AvgIpc) is 0.988. The van der Waals surface area contributed by atoms with Gasteiger partial charge in [0.25, 0.3) is 0 Å². The molecule has 0 aliphatic carbocycles. The van der Waals surface area contributed by atoms with Gasteiger partial charge in [0.05, 0.1) is 65.9 Å². The van der Waals surface area contributed by atoms with Crippen molar-refractivity contribution >= 4 is 12.4 Å². The first-order valence-electron chi connectivity index (χ1n) is 30.9. The first-order chi connectivity index (χ1) is 45.6. The topological polar surface area (TPSA) is 98.6 Å². The Hall–Kier alpha value is -10.7. The quantitative estimate of drug-likeness (QED) is 0.104. The Morgan fingerprint density at radius 1 is 0.250 bits per heavy atom. The monoisotopic (exact) mass is 1210 g/mol. The predicted octanol–water partition coefficient (Wildman–Crippen LogP) is 15.4. The molecule has 10 aromatic rings. The number of ether oxygens (including phenoxy) is 8. The fourth-order valence-electron chi connectivity index (χ4n) is 9.78. The third kappa shape index (κ3) is 19.9. The van der Waals surface area contributed by atoms with E-state index < -0.39 is 0 Å². The van der Waals surface area contributed by atoms with Crippen molar-refractivity contribution in [2.75, 3.05) is 79.3 Å². The predicted molar refractivity (Wildman–Crippen MR) is 367 cm³/mol. The first kappa shape index (κ1) is 62.9. The van der Waals surface area contributed by atoms with Gasteiger partial charge >= 0.3 is 0 Å². The van der Waals surface area contributed by atoms with Crippen molar-refractivity contribution < 1.29 is 37.9 Å². The number of hydrogen-bond acceptors (Lipinski definition) is 10. The van der Waals surface area contributed by atoms with Gasteiger partial charge in [-0.05, 0) is 165 Å². The lowest BCUT2D eigenvalue weighted by Crippen LogP contribution is -2.15. The smallest absolute Gasteiger partial charge is 0.162 e. The second-order valence-electron chi connectivity index (χ2n) is 21.4. The van der Waals surface area contributed by atoms with Crippen LogP contribution in [0.4, 0.5) is 0 Å². The second-order valence-corrected chi connectivity index (χ2v) is 21.4. The second kappa shape index (κ2) is 34.3. The van der Waals surface area contributed by atoms with Crippen LogP contribution in [0.25, 0.3) is 33.4 Å². The summed E-state index contributed by atoms with van der Waals surface area (Å²) in [4.78, 5) is 9.23. The van der Waals surface area contributed by atoms with Gasteiger partial charge in [-0.1, -0.05) is 169 Å². The van der Waals surface area contributed by atoms with E-state index in [1.165, 1.54) is 11.1 Å². The zero-order valence-electron chi connectivity index (χ0n) is 51.3. The van der Waals surface area contributed by atoms with Gasteiger partial charge in [0, 0.05) is 45.8 Å². The van der Waals surface area contributed by atoms with Gasteiger partial charge in [-0.2, -0.15) is 0 Å². The minimum atomic E-state index is 0.303. The highest BCUT2D eigenvalue weighted by Gasteiger charge is 2.12. The summed E-state index contributed by atoms with van der Waals surface area (Å²) in [6.07, 6.45) is 3.82. The van der Waals surface area contributed by atoms with Crippen LogP contribution in [-0.2, 0) is 32.0 Å². The summed E-state index contributed by atoms with van der Waals surface area (Å²) in [5.74, 6) is 22.6. The maximum atomic E-state index is 6.24. The van der Waals surface area contributed by atoms with Crippen molar-refractivity contribution in [1.82, 2.24) is 0 Å². The van der Waals surface area contributed by atoms with Gasteiger partial charge in [-0.3, -0.25) is 9.98 Å². The van der Waals surface area contributed by atoms with Gasteiger partial charge in [-0.25, -0.2) is 0 Å². The van der Waals surface area contributed by atoms with Gasteiger partial charge in [0.15, 0.2) is 23.0 Å². The Morgan fingerprint density at radius 2 is 0.533 bits per heavy atom. The molecular formula is C82H70N2O8. The molecule has 0 spiro atoms. The van der Waals surface area contributed by atoms with Crippen LogP contribution in [0.15, 0.2) is 253 Å². The Kier molecular flexibility index (Phi) is 23.4. The third-order valence-corrected chi connectivity index (χ3v) is 14.7. The van der Waals surface area contributed by atoms with Crippen molar-refractivity contribution in [3.05, 3.63) is 298 Å². The van der Waals surface area contributed by atoms with Crippen LogP contribution >= 0.6 is 0 Å². The van der Waals surface area contributed by atoms with E-state index in [-0.39, 0.29) is 0 Å². The normalized spacial score (nSPS) is 13.5. The Bertz CT molecular complexity index is 4040. The highest BCUT2D eigenvalue weighted by atomic mass is 16.6. The van der Waals surface area contributed by atoms with E-state index in [9.17, 15) is 0 Å². The molecule has 1 aliphatic rings.